The Morgan fingerprint density at radius 3 is 2.94 bits per heavy atom. The van der Waals surface area contributed by atoms with Crippen molar-refractivity contribution < 1.29 is 4.74 Å². The number of allylic oxidation sites excluding steroid dienone is 1. The molecule has 2 aliphatic heterocycles. The van der Waals surface area contributed by atoms with Crippen molar-refractivity contribution >= 4 is 0 Å². The molecule has 0 saturated carbocycles. The Hall–Kier alpha value is -0.340. The minimum absolute atomic E-state index is 0.473. The van der Waals surface area contributed by atoms with Crippen LogP contribution >= 0.6 is 0 Å². The predicted octanol–water partition coefficient (Wildman–Crippen LogP) is 2.84. The summed E-state index contributed by atoms with van der Waals surface area (Å²) in [5.41, 5.74) is 1.59. The fourth-order valence-corrected chi connectivity index (χ4v) is 3.68. The van der Waals surface area contributed by atoms with Crippen LogP contribution in [0.4, 0.5) is 0 Å². The van der Waals surface area contributed by atoms with Crippen molar-refractivity contribution in [2.45, 2.75) is 45.1 Å². The van der Waals surface area contributed by atoms with Gasteiger partial charge in [-0.15, -0.1) is 0 Å². The summed E-state index contributed by atoms with van der Waals surface area (Å²) in [5, 5.41) is 0. The van der Waals surface area contributed by atoms with Crippen LogP contribution in [0.5, 0.6) is 0 Å². The number of nitrogens with zero attached hydrogens (tertiary/aromatic N) is 1. The van der Waals surface area contributed by atoms with Gasteiger partial charge in [0, 0.05) is 12.5 Å². The number of rotatable bonds is 2. The van der Waals surface area contributed by atoms with Gasteiger partial charge in [0.25, 0.3) is 0 Å². The molecule has 0 N–H and O–H groups in total. The second kappa shape index (κ2) is 5.11. The standard InChI is InChI=1S/C15H25NO/c1-12-5-6-13-9-14(12)15(17-11-13)10-16-7-3-2-4-8-16/h5,13-15H,2-4,6-11H2,1H3/t13-,14-,15+/m0/s1. The smallest absolute Gasteiger partial charge is 0.0767 e. The molecule has 96 valence electrons. The van der Waals surface area contributed by atoms with Crippen molar-refractivity contribution in [2.24, 2.45) is 11.8 Å². The molecular weight excluding hydrogens is 210 g/mol. The Balaban J connectivity index is 1.62. The summed E-state index contributed by atoms with van der Waals surface area (Å²) in [5.74, 6) is 1.52. The number of likely N-dealkylation sites (tertiary alicyclic amines) is 1. The van der Waals surface area contributed by atoms with Crippen molar-refractivity contribution in [1.29, 1.82) is 0 Å². The molecule has 0 unspecified atom stereocenters. The maximum absolute atomic E-state index is 6.14. The molecule has 2 bridgehead atoms. The van der Waals surface area contributed by atoms with Crippen molar-refractivity contribution in [3.05, 3.63) is 11.6 Å². The number of hydrogen-bond donors (Lipinski definition) is 0. The third-order valence-electron chi connectivity index (χ3n) is 4.83. The molecule has 2 nitrogen and oxygen atoms in total. The predicted molar refractivity (Wildman–Crippen MR) is 70.0 cm³/mol. The second-order valence-electron chi connectivity index (χ2n) is 6.13. The molecular formula is C15H25NO. The summed E-state index contributed by atoms with van der Waals surface area (Å²) in [4.78, 5) is 2.62. The highest BCUT2D eigenvalue weighted by Gasteiger charge is 2.35. The third-order valence-corrected chi connectivity index (χ3v) is 4.83. The van der Waals surface area contributed by atoms with Gasteiger partial charge >= 0.3 is 0 Å². The van der Waals surface area contributed by atoms with Crippen LogP contribution in [0.1, 0.15) is 39.0 Å². The molecule has 2 heterocycles. The molecule has 1 aliphatic carbocycles. The van der Waals surface area contributed by atoms with Crippen molar-refractivity contribution in [2.75, 3.05) is 26.2 Å². The number of fused-ring (bicyclic) bond motifs is 2. The van der Waals surface area contributed by atoms with E-state index in [0.29, 0.717) is 12.0 Å². The first-order valence-corrected chi connectivity index (χ1v) is 7.33. The first kappa shape index (κ1) is 11.7. The minimum Gasteiger partial charge on any atom is -0.376 e. The third kappa shape index (κ3) is 2.58. The highest BCUT2D eigenvalue weighted by atomic mass is 16.5. The highest BCUT2D eigenvalue weighted by Crippen LogP contribution is 2.37. The van der Waals surface area contributed by atoms with Crippen molar-refractivity contribution in [3.63, 3.8) is 0 Å². The van der Waals surface area contributed by atoms with E-state index in [1.54, 1.807) is 5.57 Å². The lowest BCUT2D eigenvalue weighted by molar-refractivity contribution is -0.0650. The largest absolute Gasteiger partial charge is 0.376 e. The van der Waals surface area contributed by atoms with Gasteiger partial charge in [-0.3, -0.25) is 0 Å². The average molecular weight is 235 g/mol. The van der Waals surface area contributed by atoms with E-state index in [9.17, 15) is 0 Å². The normalized spacial score (nSPS) is 38.9. The first-order chi connectivity index (χ1) is 8.33. The SMILES string of the molecule is CC1=CC[C@@H]2CO[C@H](CN3CCCCC3)[C@H]1C2. The maximum atomic E-state index is 6.14. The average Bonchev–Trinajstić information content (AvgIpc) is 2.38. The monoisotopic (exact) mass is 235 g/mol. The Kier molecular flexibility index (Phi) is 3.53. The van der Waals surface area contributed by atoms with Crippen LogP contribution in [0.25, 0.3) is 0 Å². The molecule has 3 rings (SSSR count). The topological polar surface area (TPSA) is 12.5 Å². The van der Waals surface area contributed by atoms with E-state index in [0.717, 1.165) is 12.5 Å². The van der Waals surface area contributed by atoms with E-state index >= 15 is 0 Å². The highest BCUT2D eigenvalue weighted by molar-refractivity contribution is 5.12. The molecule has 0 aromatic rings. The van der Waals surface area contributed by atoms with Gasteiger partial charge in [-0.1, -0.05) is 18.1 Å². The van der Waals surface area contributed by atoms with E-state index in [2.05, 4.69) is 17.9 Å². The van der Waals surface area contributed by atoms with Crippen LogP contribution in [0.2, 0.25) is 0 Å². The van der Waals surface area contributed by atoms with Gasteiger partial charge in [0.05, 0.1) is 12.7 Å². The summed E-state index contributed by atoms with van der Waals surface area (Å²) in [6.07, 6.45) is 9.75. The van der Waals surface area contributed by atoms with Crippen molar-refractivity contribution in [3.8, 4) is 0 Å². The second-order valence-corrected chi connectivity index (χ2v) is 6.13. The Bertz CT molecular complexity index is 293. The van der Waals surface area contributed by atoms with Gasteiger partial charge in [0.15, 0.2) is 0 Å². The summed E-state index contributed by atoms with van der Waals surface area (Å²) in [6.45, 7) is 7.05. The van der Waals surface area contributed by atoms with Gasteiger partial charge in [-0.05, 0) is 51.6 Å². The first-order valence-electron chi connectivity index (χ1n) is 7.33. The molecule has 0 aromatic carbocycles. The van der Waals surface area contributed by atoms with Crippen LogP contribution in [-0.2, 0) is 4.74 Å². The molecule has 0 radical (unpaired) electrons. The van der Waals surface area contributed by atoms with Crippen LogP contribution in [0.15, 0.2) is 11.6 Å². The minimum atomic E-state index is 0.473. The maximum Gasteiger partial charge on any atom is 0.0767 e. The zero-order chi connectivity index (χ0) is 11.7. The van der Waals surface area contributed by atoms with Gasteiger partial charge in [-0.2, -0.15) is 0 Å². The van der Waals surface area contributed by atoms with E-state index in [1.165, 1.54) is 51.7 Å². The molecule has 0 aromatic heterocycles. The van der Waals surface area contributed by atoms with E-state index < -0.39 is 0 Å². The molecule has 3 atom stereocenters. The summed E-state index contributed by atoms with van der Waals surface area (Å²) < 4.78 is 6.14. The molecule has 0 spiro atoms. The molecule has 17 heavy (non-hydrogen) atoms. The lowest BCUT2D eigenvalue weighted by Gasteiger charge is -2.42. The summed E-state index contributed by atoms with van der Waals surface area (Å²) in [6, 6.07) is 0. The zero-order valence-electron chi connectivity index (χ0n) is 11.0. The van der Waals surface area contributed by atoms with Gasteiger partial charge in [-0.25, -0.2) is 0 Å². The summed E-state index contributed by atoms with van der Waals surface area (Å²) >= 11 is 0. The van der Waals surface area contributed by atoms with E-state index in [-0.39, 0.29) is 0 Å². The van der Waals surface area contributed by atoms with Crippen LogP contribution in [-0.4, -0.2) is 37.2 Å². The molecule has 2 heteroatoms. The van der Waals surface area contributed by atoms with E-state index in [4.69, 9.17) is 4.74 Å². The number of piperidine rings is 1. The zero-order valence-corrected chi connectivity index (χ0v) is 11.0. The van der Waals surface area contributed by atoms with Gasteiger partial charge < -0.3 is 9.64 Å². The quantitative estimate of drug-likeness (QED) is 0.682. The fraction of sp³-hybridized carbons (Fsp3) is 0.867. The molecule has 2 fully saturated rings. The fourth-order valence-electron chi connectivity index (χ4n) is 3.68. The Labute approximate surface area is 105 Å². The lowest BCUT2D eigenvalue weighted by atomic mass is 9.77. The summed E-state index contributed by atoms with van der Waals surface area (Å²) in [7, 11) is 0. The molecule has 2 saturated heterocycles. The number of ether oxygens (including phenoxy) is 1. The number of hydrogen-bond acceptors (Lipinski definition) is 2. The Morgan fingerprint density at radius 1 is 1.29 bits per heavy atom. The van der Waals surface area contributed by atoms with E-state index in [1.807, 2.05) is 0 Å². The molecule has 3 aliphatic rings. The Morgan fingerprint density at radius 2 is 2.12 bits per heavy atom. The van der Waals surface area contributed by atoms with Crippen molar-refractivity contribution in [1.82, 2.24) is 4.90 Å². The lowest BCUT2D eigenvalue weighted by Crippen LogP contribution is -2.45. The van der Waals surface area contributed by atoms with Crippen LogP contribution in [0.3, 0.4) is 0 Å². The van der Waals surface area contributed by atoms with Crippen LogP contribution in [0, 0.1) is 11.8 Å². The molecule has 0 amide bonds. The van der Waals surface area contributed by atoms with Crippen LogP contribution < -0.4 is 0 Å². The van der Waals surface area contributed by atoms with Gasteiger partial charge in [0.2, 0.25) is 0 Å². The van der Waals surface area contributed by atoms with Gasteiger partial charge in [0.1, 0.15) is 0 Å².